The Balaban J connectivity index is 1.10. The summed E-state index contributed by atoms with van der Waals surface area (Å²) in [5, 5.41) is 5.17. The van der Waals surface area contributed by atoms with Crippen LogP contribution in [-0.4, -0.2) is 12.1 Å². The summed E-state index contributed by atoms with van der Waals surface area (Å²) in [4.78, 5) is 4.95. The van der Waals surface area contributed by atoms with Crippen LogP contribution >= 0.6 is 22.7 Å². The van der Waals surface area contributed by atoms with Gasteiger partial charge in [-0.25, -0.2) is 0 Å². The Labute approximate surface area is 394 Å². The first-order valence-corrected chi connectivity index (χ1v) is 24.5. The maximum Gasteiger partial charge on any atom is 0.0559 e. The molecule has 0 fully saturated rings. The van der Waals surface area contributed by atoms with E-state index in [1.165, 1.54) is 96.5 Å². The maximum atomic E-state index is 2.47. The van der Waals surface area contributed by atoms with Crippen molar-refractivity contribution in [3.05, 3.63) is 265 Å². The van der Waals surface area contributed by atoms with Crippen molar-refractivity contribution in [2.24, 2.45) is 0 Å². The Bertz CT molecular complexity index is 3300. The maximum absolute atomic E-state index is 2.47. The number of rotatable bonds is 10. The average Bonchev–Trinajstić information content (AvgIpc) is 3.95. The Morgan fingerprint density at radius 3 is 1.11 bits per heavy atom. The second-order valence-electron chi connectivity index (χ2n) is 17.1. The molecule has 0 saturated carbocycles. The van der Waals surface area contributed by atoms with Gasteiger partial charge in [0.15, 0.2) is 0 Å². The number of allylic oxidation sites excluding steroid dienone is 4. The van der Waals surface area contributed by atoms with E-state index in [1.807, 2.05) is 22.7 Å². The third-order valence-electron chi connectivity index (χ3n) is 13.1. The fourth-order valence-corrected chi connectivity index (χ4v) is 12.2. The van der Waals surface area contributed by atoms with Gasteiger partial charge < -0.3 is 9.80 Å². The molecule has 0 N–H and O–H groups in total. The van der Waals surface area contributed by atoms with Crippen molar-refractivity contribution in [3.8, 4) is 0 Å². The number of nitrogens with zero attached hydrogens (tertiary/aromatic N) is 2. The van der Waals surface area contributed by atoms with Gasteiger partial charge >= 0.3 is 0 Å². The van der Waals surface area contributed by atoms with Gasteiger partial charge in [-0.1, -0.05) is 158 Å². The highest BCUT2D eigenvalue weighted by Gasteiger charge is 2.24. The summed E-state index contributed by atoms with van der Waals surface area (Å²) in [6.07, 6.45) is 19.7. The third kappa shape index (κ3) is 7.48. The number of benzene rings is 8. The van der Waals surface area contributed by atoms with Crippen LogP contribution in [0.5, 0.6) is 0 Å². The smallest absolute Gasteiger partial charge is 0.0559 e. The number of fused-ring (bicyclic) bond motifs is 6. The summed E-state index contributed by atoms with van der Waals surface area (Å²) in [7, 11) is 0. The number of thiophene rings is 2. The predicted molar refractivity (Wildman–Crippen MR) is 287 cm³/mol. The standard InChI is InChI=1S/C62H46N2S2/c1-5-17-47(18-6-1)63(48-19-7-2-8-20-48)51-35-29-43(30-36-51)61(45-33-39-59-55(41-45)53-25-13-15-27-57(53)65-59)62(46-34-40-60-56(42-46)54-26-14-16-28-58(54)66-60)44-31-37-52(38-32-44)64(49-21-9-3-10-22-49)50-23-11-4-12-24-50/h1-19,21-23,25-42,48,50H,20,24H2. The second-order valence-corrected chi connectivity index (χ2v) is 19.3. The van der Waals surface area contributed by atoms with Crippen molar-refractivity contribution < 1.29 is 0 Å². The minimum absolute atomic E-state index is 0.212. The first kappa shape index (κ1) is 40.0. The highest BCUT2D eigenvalue weighted by atomic mass is 32.1. The molecule has 0 radical (unpaired) electrons. The quantitative estimate of drug-likeness (QED) is 0.126. The summed E-state index contributed by atoms with van der Waals surface area (Å²) in [5.74, 6) is 0. The van der Waals surface area contributed by atoms with Gasteiger partial charge in [0.05, 0.1) is 12.1 Å². The van der Waals surface area contributed by atoms with Crippen LogP contribution in [0.1, 0.15) is 35.1 Å². The Morgan fingerprint density at radius 2 is 0.697 bits per heavy atom. The fourth-order valence-electron chi connectivity index (χ4n) is 10.0. The molecule has 2 aliphatic rings. The molecule has 0 aliphatic heterocycles. The minimum atomic E-state index is 0.212. The molecule has 2 nitrogen and oxygen atoms in total. The molecule has 0 amide bonds. The minimum Gasteiger partial charge on any atom is -0.334 e. The van der Waals surface area contributed by atoms with Gasteiger partial charge in [-0.15, -0.1) is 22.7 Å². The lowest BCUT2D eigenvalue weighted by atomic mass is 9.84. The normalized spacial score (nSPS) is 16.1. The van der Waals surface area contributed by atoms with E-state index in [2.05, 4.69) is 253 Å². The molecule has 0 spiro atoms. The van der Waals surface area contributed by atoms with Crippen LogP contribution in [0, 0.1) is 0 Å². The Morgan fingerprint density at radius 1 is 0.333 bits per heavy atom. The summed E-state index contributed by atoms with van der Waals surface area (Å²) in [6.45, 7) is 0. The van der Waals surface area contributed by atoms with E-state index in [0.717, 1.165) is 12.8 Å². The van der Waals surface area contributed by atoms with Gasteiger partial charge in [-0.05, 0) is 131 Å². The number of hydrogen-bond acceptors (Lipinski definition) is 4. The molecule has 2 unspecified atom stereocenters. The van der Waals surface area contributed by atoms with E-state index in [9.17, 15) is 0 Å². The summed E-state index contributed by atoms with van der Waals surface area (Å²) >= 11 is 3.74. The number of para-hydroxylation sites is 2. The predicted octanol–water partition coefficient (Wildman–Crippen LogP) is 17.5. The van der Waals surface area contributed by atoms with Gasteiger partial charge in [-0.3, -0.25) is 0 Å². The van der Waals surface area contributed by atoms with Gasteiger partial charge in [0.2, 0.25) is 0 Å². The molecule has 4 heteroatoms. The van der Waals surface area contributed by atoms with Crippen LogP contribution < -0.4 is 9.80 Å². The fraction of sp³-hybridized carbons (Fsp3) is 0.0645. The lowest BCUT2D eigenvalue weighted by molar-refractivity contribution is 0.785. The highest BCUT2D eigenvalue weighted by Crippen LogP contribution is 2.44. The lowest BCUT2D eigenvalue weighted by Gasteiger charge is -2.33. The average molecular weight is 883 g/mol. The molecule has 0 bridgehead atoms. The Hall–Kier alpha value is -7.50. The van der Waals surface area contributed by atoms with Crippen molar-refractivity contribution >= 4 is 96.9 Å². The highest BCUT2D eigenvalue weighted by molar-refractivity contribution is 7.26. The van der Waals surface area contributed by atoms with Crippen LogP contribution in [0.4, 0.5) is 22.7 Å². The zero-order valence-electron chi connectivity index (χ0n) is 36.4. The number of anilines is 4. The van der Waals surface area contributed by atoms with E-state index in [-0.39, 0.29) is 12.1 Å². The van der Waals surface area contributed by atoms with Crippen LogP contribution in [0.2, 0.25) is 0 Å². The van der Waals surface area contributed by atoms with Gasteiger partial charge in [0.1, 0.15) is 0 Å². The van der Waals surface area contributed by atoms with Crippen molar-refractivity contribution in [1.82, 2.24) is 0 Å². The summed E-state index contributed by atoms with van der Waals surface area (Å²) in [6, 6.07) is 72.7. The van der Waals surface area contributed by atoms with E-state index in [4.69, 9.17) is 0 Å². The second kappa shape index (κ2) is 17.5. The molecule has 0 saturated heterocycles. The largest absolute Gasteiger partial charge is 0.334 e. The van der Waals surface area contributed by atoms with Crippen molar-refractivity contribution in [2.75, 3.05) is 9.80 Å². The summed E-state index contributed by atoms with van der Waals surface area (Å²) in [5.41, 5.74) is 11.8. The first-order valence-electron chi connectivity index (χ1n) is 22.9. The molecule has 2 heterocycles. The molecule has 316 valence electrons. The molecule has 2 atom stereocenters. The van der Waals surface area contributed by atoms with Crippen molar-refractivity contribution in [2.45, 2.75) is 24.9 Å². The monoisotopic (exact) mass is 882 g/mol. The molecule has 12 rings (SSSR count). The molecule has 8 aromatic carbocycles. The van der Waals surface area contributed by atoms with Crippen LogP contribution in [0.25, 0.3) is 51.5 Å². The van der Waals surface area contributed by atoms with Crippen molar-refractivity contribution in [3.63, 3.8) is 0 Å². The molecule has 10 aromatic rings. The van der Waals surface area contributed by atoms with E-state index >= 15 is 0 Å². The molecular formula is C62H46N2S2. The van der Waals surface area contributed by atoms with E-state index < -0.39 is 0 Å². The van der Waals surface area contributed by atoms with Crippen LogP contribution in [0.15, 0.2) is 243 Å². The van der Waals surface area contributed by atoms with Crippen molar-refractivity contribution in [1.29, 1.82) is 0 Å². The van der Waals surface area contributed by atoms with E-state index in [0.29, 0.717) is 0 Å². The van der Waals surface area contributed by atoms with Gasteiger partial charge in [-0.2, -0.15) is 0 Å². The molecular weight excluding hydrogens is 837 g/mol. The third-order valence-corrected chi connectivity index (χ3v) is 15.4. The zero-order chi connectivity index (χ0) is 43.8. The van der Waals surface area contributed by atoms with Crippen LogP contribution in [-0.2, 0) is 0 Å². The van der Waals surface area contributed by atoms with E-state index in [1.54, 1.807) is 0 Å². The first-order chi connectivity index (χ1) is 32.7. The molecule has 2 aliphatic carbocycles. The molecule has 2 aromatic heterocycles. The zero-order valence-corrected chi connectivity index (χ0v) is 38.0. The summed E-state index contributed by atoms with van der Waals surface area (Å²) < 4.78 is 5.22. The Kier molecular flexibility index (Phi) is 10.6. The lowest BCUT2D eigenvalue weighted by Crippen LogP contribution is -2.29. The van der Waals surface area contributed by atoms with Gasteiger partial charge in [0, 0.05) is 63.1 Å². The number of hydrogen-bond donors (Lipinski definition) is 0. The SMILES string of the molecule is C1=CCC(N(c2ccccc2)c2ccc(C(=C(c3ccc(N(c4ccccc4)C4C=CC=CC4)cc3)c3ccc4sc5ccccc5c4c3)c3ccc4sc5ccccc5c4c3)cc2)C=C1. The topological polar surface area (TPSA) is 6.48 Å². The van der Waals surface area contributed by atoms with Crippen LogP contribution in [0.3, 0.4) is 0 Å². The van der Waals surface area contributed by atoms with Gasteiger partial charge in [0.25, 0.3) is 0 Å². The molecule has 66 heavy (non-hydrogen) atoms.